The van der Waals surface area contributed by atoms with Gasteiger partial charge in [-0.05, 0) is 32.6 Å². The molecule has 0 radical (unpaired) electrons. The number of nitrogens with zero attached hydrogens (tertiary/aromatic N) is 1. The van der Waals surface area contributed by atoms with Gasteiger partial charge in [0.05, 0.1) is 12.5 Å². The van der Waals surface area contributed by atoms with Crippen molar-refractivity contribution in [3.05, 3.63) is 0 Å². The molecule has 5 nitrogen and oxygen atoms in total. The highest BCUT2D eigenvalue weighted by Crippen LogP contribution is 2.21. The minimum Gasteiger partial charge on any atom is -0.356 e. The van der Waals surface area contributed by atoms with Crippen LogP contribution in [0.3, 0.4) is 0 Å². The zero-order chi connectivity index (χ0) is 15.7. The topological polar surface area (TPSA) is 61.4 Å². The van der Waals surface area contributed by atoms with Gasteiger partial charge in [0.15, 0.2) is 0 Å². The van der Waals surface area contributed by atoms with Crippen molar-refractivity contribution >= 4 is 11.8 Å². The molecule has 1 fully saturated rings. The van der Waals surface area contributed by atoms with Gasteiger partial charge in [-0.15, -0.1) is 0 Å². The largest absolute Gasteiger partial charge is 0.356 e. The highest BCUT2D eigenvalue weighted by molar-refractivity contribution is 5.80. The molecule has 1 saturated heterocycles. The van der Waals surface area contributed by atoms with Gasteiger partial charge >= 0.3 is 0 Å². The first kappa shape index (κ1) is 18.0. The molecule has 2 amide bonds. The lowest BCUT2D eigenvalue weighted by Crippen LogP contribution is -2.50. The molecule has 2 atom stereocenters. The Kier molecular flexibility index (Phi) is 8.35. The Morgan fingerprint density at radius 1 is 1.10 bits per heavy atom. The summed E-state index contributed by atoms with van der Waals surface area (Å²) in [5.41, 5.74) is 0. The van der Waals surface area contributed by atoms with E-state index in [9.17, 15) is 9.59 Å². The molecule has 1 heterocycles. The van der Waals surface area contributed by atoms with Crippen molar-refractivity contribution in [3.8, 4) is 0 Å². The fourth-order valence-electron chi connectivity index (χ4n) is 2.65. The quantitative estimate of drug-likeness (QED) is 0.668. The molecule has 122 valence electrons. The fraction of sp³-hybridized carbons (Fsp3) is 0.875. The number of likely N-dealkylation sites (tertiary alicyclic amines) is 1. The Morgan fingerprint density at radius 2 is 1.86 bits per heavy atom. The second-order valence-electron chi connectivity index (χ2n) is 6.05. The lowest BCUT2D eigenvalue weighted by Gasteiger charge is -2.36. The van der Waals surface area contributed by atoms with Crippen molar-refractivity contribution in [2.75, 3.05) is 26.2 Å². The molecule has 0 saturated carbocycles. The summed E-state index contributed by atoms with van der Waals surface area (Å²) in [5, 5.41) is 5.92. The van der Waals surface area contributed by atoms with E-state index in [1.807, 2.05) is 6.92 Å². The van der Waals surface area contributed by atoms with Gasteiger partial charge in [0, 0.05) is 25.7 Å². The number of unbranched alkanes of at least 4 members (excludes halogenated alkanes) is 1. The summed E-state index contributed by atoms with van der Waals surface area (Å²) in [6.45, 7) is 8.88. The smallest absolute Gasteiger partial charge is 0.234 e. The normalized spacial score (nSPS) is 22.8. The number of hydrogen-bond acceptors (Lipinski definition) is 3. The summed E-state index contributed by atoms with van der Waals surface area (Å²) >= 11 is 0. The number of piperidine rings is 1. The number of rotatable bonds is 8. The van der Waals surface area contributed by atoms with Gasteiger partial charge in [-0.2, -0.15) is 0 Å². The monoisotopic (exact) mass is 297 g/mol. The first-order valence-electron chi connectivity index (χ1n) is 8.36. The van der Waals surface area contributed by atoms with E-state index < -0.39 is 0 Å². The SMILES string of the molecule is CCCCNC(=O)C1CCC(C)N(CC(=O)NCCC)C1. The molecule has 21 heavy (non-hydrogen) atoms. The number of amides is 2. The van der Waals surface area contributed by atoms with Crippen molar-refractivity contribution in [1.82, 2.24) is 15.5 Å². The molecular weight excluding hydrogens is 266 g/mol. The second-order valence-corrected chi connectivity index (χ2v) is 6.05. The van der Waals surface area contributed by atoms with Crippen LogP contribution in [-0.2, 0) is 9.59 Å². The van der Waals surface area contributed by atoms with E-state index in [0.29, 0.717) is 19.1 Å². The summed E-state index contributed by atoms with van der Waals surface area (Å²) in [4.78, 5) is 26.1. The predicted molar refractivity (Wildman–Crippen MR) is 85.0 cm³/mol. The van der Waals surface area contributed by atoms with Crippen molar-refractivity contribution in [3.63, 3.8) is 0 Å². The maximum atomic E-state index is 12.1. The maximum absolute atomic E-state index is 12.1. The molecule has 1 aliphatic rings. The van der Waals surface area contributed by atoms with Gasteiger partial charge in [0.1, 0.15) is 0 Å². The summed E-state index contributed by atoms with van der Waals surface area (Å²) in [6, 6.07) is 0.372. The summed E-state index contributed by atoms with van der Waals surface area (Å²) in [7, 11) is 0. The molecule has 2 unspecified atom stereocenters. The Bertz CT molecular complexity index is 333. The van der Waals surface area contributed by atoms with Crippen LogP contribution in [0.4, 0.5) is 0 Å². The number of carbonyl (C=O) groups excluding carboxylic acids is 2. The van der Waals surface area contributed by atoms with Gasteiger partial charge in [-0.3, -0.25) is 14.5 Å². The third kappa shape index (κ3) is 6.46. The Labute approximate surface area is 128 Å². The molecule has 5 heteroatoms. The minimum absolute atomic E-state index is 0.0250. The Balaban J connectivity index is 2.42. The first-order valence-corrected chi connectivity index (χ1v) is 8.36. The van der Waals surface area contributed by atoms with E-state index in [1.165, 1.54) is 0 Å². The number of hydrogen-bond donors (Lipinski definition) is 2. The van der Waals surface area contributed by atoms with Crippen LogP contribution >= 0.6 is 0 Å². The average Bonchev–Trinajstić information content (AvgIpc) is 2.47. The summed E-state index contributed by atoms with van der Waals surface area (Å²) in [6.07, 6.45) is 4.96. The summed E-state index contributed by atoms with van der Waals surface area (Å²) < 4.78 is 0. The van der Waals surface area contributed by atoms with Crippen LogP contribution in [-0.4, -0.2) is 48.9 Å². The zero-order valence-corrected chi connectivity index (χ0v) is 13.8. The first-order chi connectivity index (χ1) is 10.1. The predicted octanol–water partition coefficient (Wildman–Crippen LogP) is 1.53. The Morgan fingerprint density at radius 3 is 2.52 bits per heavy atom. The van der Waals surface area contributed by atoms with Gasteiger partial charge < -0.3 is 10.6 Å². The van der Waals surface area contributed by atoms with Crippen molar-refractivity contribution < 1.29 is 9.59 Å². The third-order valence-corrected chi connectivity index (χ3v) is 4.13. The molecule has 2 N–H and O–H groups in total. The molecule has 1 rings (SSSR count). The zero-order valence-electron chi connectivity index (χ0n) is 13.8. The highest BCUT2D eigenvalue weighted by atomic mass is 16.2. The molecule has 0 aliphatic carbocycles. The molecule has 0 aromatic carbocycles. The van der Waals surface area contributed by atoms with Crippen LogP contribution in [0.15, 0.2) is 0 Å². The van der Waals surface area contributed by atoms with Crippen LogP contribution in [0.5, 0.6) is 0 Å². The molecule has 1 aliphatic heterocycles. The van der Waals surface area contributed by atoms with E-state index in [-0.39, 0.29) is 17.7 Å². The van der Waals surface area contributed by atoms with E-state index >= 15 is 0 Å². The van der Waals surface area contributed by atoms with E-state index in [2.05, 4.69) is 29.4 Å². The van der Waals surface area contributed by atoms with Crippen molar-refractivity contribution in [1.29, 1.82) is 0 Å². The van der Waals surface area contributed by atoms with Gasteiger partial charge in [-0.1, -0.05) is 20.3 Å². The van der Waals surface area contributed by atoms with E-state index in [0.717, 1.165) is 45.2 Å². The molecule has 0 aromatic heterocycles. The lowest BCUT2D eigenvalue weighted by atomic mass is 9.92. The van der Waals surface area contributed by atoms with Crippen molar-refractivity contribution in [2.24, 2.45) is 5.92 Å². The van der Waals surface area contributed by atoms with Gasteiger partial charge in [0.25, 0.3) is 0 Å². The van der Waals surface area contributed by atoms with Gasteiger partial charge in [-0.25, -0.2) is 0 Å². The van der Waals surface area contributed by atoms with Crippen molar-refractivity contribution in [2.45, 2.75) is 58.9 Å². The van der Waals surface area contributed by atoms with E-state index in [1.54, 1.807) is 0 Å². The third-order valence-electron chi connectivity index (χ3n) is 4.13. The highest BCUT2D eigenvalue weighted by Gasteiger charge is 2.30. The van der Waals surface area contributed by atoms with Crippen LogP contribution < -0.4 is 10.6 Å². The van der Waals surface area contributed by atoms with Gasteiger partial charge in [0.2, 0.25) is 11.8 Å². The molecular formula is C16H31N3O2. The Hall–Kier alpha value is -1.10. The molecule has 0 aromatic rings. The standard InChI is InChI=1S/C16H31N3O2/c1-4-6-10-18-16(21)14-8-7-13(3)19(11-14)12-15(20)17-9-5-2/h13-14H,4-12H2,1-3H3,(H,17,20)(H,18,21). The van der Waals surface area contributed by atoms with Crippen LogP contribution in [0.1, 0.15) is 52.9 Å². The number of nitrogens with one attached hydrogen (secondary N) is 2. The van der Waals surface area contributed by atoms with Crippen LogP contribution in [0.2, 0.25) is 0 Å². The molecule has 0 spiro atoms. The fourth-order valence-corrected chi connectivity index (χ4v) is 2.65. The summed E-state index contributed by atoms with van der Waals surface area (Å²) in [5.74, 6) is 0.238. The average molecular weight is 297 g/mol. The second kappa shape index (κ2) is 9.77. The minimum atomic E-state index is 0.0250. The van der Waals surface area contributed by atoms with E-state index in [4.69, 9.17) is 0 Å². The number of carbonyl (C=O) groups is 2. The lowest BCUT2D eigenvalue weighted by molar-refractivity contribution is -0.129. The molecule has 0 bridgehead atoms. The van der Waals surface area contributed by atoms with Crippen LogP contribution in [0.25, 0.3) is 0 Å². The maximum Gasteiger partial charge on any atom is 0.234 e. The van der Waals surface area contributed by atoms with Crippen LogP contribution in [0, 0.1) is 5.92 Å².